The fraction of sp³-hybridized carbons (Fsp3) is 0.464. The number of benzene rings is 2. The fourth-order valence-corrected chi connectivity index (χ4v) is 4.03. The predicted molar refractivity (Wildman–Crippen MR) is 136 cm³/mol. The third-order valence-electron chi connectivity index (χ3n) is 6.00. The van der Waals surface area contributed by atoms with Gasteiger partial charge < -0.3 is 24.8 Å². The molecule has 8 heteroatoms. The first-order valence-electron chi connectivity index (χ1n) is 12.7. The summed E-state index contributed by atoms with van der Waals surface area (Å²) in [6.45, 7) is 5.53. The normalized spacial score (nSPS) is 17.1. The number of hydrogen-bond acceptors (Lipinski definition) is 6. The van der Waals surface area contributed by atoms with Crippen LogP contribution in [0.2, 0.25) is 0 Å². The predicted octanol–water partition coefficient (Wildman–Crippen LogP) is 4.14. The first kappa shape index (κ1) is 27.0. The van der Waals surface area contributed by atoms with Crippen molar-refractivity contribution in [2.24, 2.45) is 5.92 Å². The van der Waals surface area contributed by atoms with Crippen molar-refractivity contribution >= 4 is 17.8 Å². The van der Waals surface area contributed by atoms with Gasteiger partial charge in [-0.2, -0.15) is 0 Å². The maximum absolute atomic E-state index is 12.4. The van der Waals surface area contributed by atoms with E-state index in [2.05, 4.69) is 10.6 Å². The molecule has 1 aliphatic carbocycles. The Kier molecular flexibility index (Phi) is 10.6. The lowest BCUT2D eigenvalue weighted by atomic mass is 9.87. The van der Waals surface area contributed by atoms with Crippen LogP contribution in [0, 0.1) is 5.92 Å². The summed E-state index contributed by atoms with van der Waals surface area (Å²) in [5.74, 6) is 0.860. The number of hydrogen-bond donors (Lipinski definition) is 2. The first-order valence-corrected chi connectivity index (χ1v) is 12.7. The van der Waals surface area contributed by atoms with Crippen molar-refractivity contribution in [2.75, 3.05) is 26.3 Å². The molecular formula is C28H36N2O6. The summed E-state index contributed by atoms with van der Waals surface area (Å²) in [4.78, 5) is 36.6. The van der Waals surface area contributed by atoms with Gasteiger partial charge in [-0.3, -0.25) is 14.4 Å². The molecule has 1 saturated carbocycles. The van der Waals surface area contributed by atoms with Crippen molar-refractivity contribution in [1.82, 2.24) is 10.6 Å². The number of esters is 1. The minimum Gasteiger partial charge on any atom is -0.494 e. The Morgan fingerprint density at radius 2 is 1.31 bits per heavy atom. The summed E-state index contributed by atoms with van der Waals surface area (Å²) < 4.78 is 16.7. The largest absolute Gasteiger partial charge is 0.494 e. The maximum atomic E-state index is 12.4. The van der Waals surface area contributed by atoms with Crippen LogP contribution in [0.3, 0.4) is 0 Å². The minimum atomic E-state index is -0.219. The van der Waals surface area contributed by atoms with Gasteiger partial charge in [-0.1, -0.05) is 6.92 Å². The van der Waals surface area contributed by atoms with Crippen LogP contribution in [0.1, 0.15) is 66.7 Å². The highest BCUT2D eigenvalue weighted by Gasteiger charge is 2.28. The molecule has 0 spiro atoms. The van der Waals surface area contributed by atoms with Gasteiger partial charge in [0.1, 0.15) is 11.5 Å². The topological polar surface area (TPSA) is 103 Å². The zero-order valence-corrected chi connectivity index (χ0v) is 21.1. The highest BCUT2D eigenvalue weighted by atomic mass is 16.5. The van der Waals surface area contributed by atoms with Crippen molar-refractivity contribution < 1.29 is 28.6 Å². The van der Waals surface area contributed by atoms with Gasteiger partial charge in [0.05, 0.1) is 25.2 Å². The van der Waals surface area contributed by atoms with Crippen LogP contribution >= 0.6 is 0 Å². The number of rotatable bonds is 12. The highest BCUT2D eigenvalue weighted by Crippen LogP contribution is 2.28. The first-order chi connectivity index (χ1) is 17.5. The lowest BCUT2D eigenvalue weighted by Crippen LogP contribution is -2.34. The molecule has 0 bridgehead atoms. The fourth-order valence-electron chi connectivity index (χ4n) is 4.03. The van der Waals surface area contributed by atoms with E-state index in [0.717, 1.165) is 37.9 Å². The second kappa shape index (κ2) is 14.1. The Morgan fingerprint density at radius 3 is 1.81 bits per heavy atom. The molecule has 36 heavy (non-hydrogen) atoms. The molecule has 0 heterocycles. The minimum absolute atomic E-state index is 0.0358. The Hall–Kier alpha value is -3.55. The van der Waals surface area contributed by atoms with Crippen LogP contribution in [0.15, 0.2) is 48.5 Å². The standard InChI is InChI=1S/C28H36N2O6/c1-3-19-35-23-11-5-20(6-12-23)26(31)29-17-18-30-27(32)21-7-13-24(14-8-21)36-25-15-9-22(10-16-25)28(33)34-4-2/h5-8,11-14,22,25H,3-4,9-10,15-19H2,1-2H3,(H,29,31)(H,30,32)/t22-,25+. The summed E-state index contributed by atoms with van der Waals surface area (Å²) in [5, 5.41) is 5.60. The second-order valence-corrected chi connectivity index (χ2v) is 8.75. The van der Waals surface area contributed by atoms with Gasteiger partial charge in [-0.15, -0.1) is 0 Å². The van der Waals surface area contributed by atoms with E-state index in [1.54, 1.807) is 48.5 Å². The molecule has 0 unspecified atom stereocenters. The smallest absolute Gasteiger partial charge is 0.308 e. The Labute approximate surface area is 212 Å². The Morgan fingerprint density at radius 1 is 0.778 bits per heavy atom. The summed E-state index contributed by atoms with van der Waals surface area (Å²) in [6, 6.07) is 14.0. The molecule has 0 aromatic heterocycles. The molecule has 0 atom stereocenters. The molecule has 0 radical (unpaired) electrons. The summed E-state index contributed by atoms with van der Waals surface area (Å²) in [7, 11) is 0. The van der Waals surface area contributed by atoms with Gasteiger partial charge in [0.15, 0.2) is 0 Å². The van der Waals surface area contributed by atoms with Gasteiger partial charge in [-0.05, 0) is 87.6 Å². The number of carbonyl (C=O) groups is 3. The second-order valence-electron chi connectivity index (χ2n) is 8.75. The quantitative estimate of drug-likeness (QED) is 0.338. The number of amides is 2. The molecule has 2 aromatic carbocycles. The summed E-state index contributed by atoms with van der Waals surface area (Å²) in [6.07, 6.45) is 4.10. The Bertz CT molecular complexity index is 982. The molecule has 2 amide bonds. The van der Waals surface area contributed by atoms with Gasteiger partial charge in [0.2, 0.25) is 0 Å². The third-order valence-corrected chi connectivity index (χ3v) is 6.00. The lowest BCUT2D eigenvalue weighted by molar-refractivity contribution is -0.149. The SMILES string of the molecule is CCCOc1ccc(C(=O)NCCNC(=O)c2ccc(O[C@H]3CC[C@@H](C(=O)OCC)CC3)cc2)cc1. The summed E-state index contributed by atoms with van der Waals surface area (Å²) >= 11 is 0. The van der Waals surface area contributed by atoms with E-state index in [4.69, 9.17) is 14.2 Å². The average molecular weight is 497 g/mol. The molecule has 194 valence electrons. The molecule has 1 fully saturated rings. The molecule has 2 aromatic rings. The van der Waals surface area contributed by atoms with Crippen LogP contribution < -0.4 is 20.1 Å². The highest BCUT2D eigenvalue weighted by molar-refractivity contribution is 5.95. The monoisotopic (exact) mass is 496 g/mol. The van der Waals surface area contributed by atoms with Crippen LogP contribution in [0.4, 0.5) is 0 Å². The molecule has 8 nitrogen and oxygen atoms in total. The molecule has 1 aliphatic rings. The van der Waals surface area contributed by atoms with Gasteiger partial charge in [0.25, 0.3) is 11.8 Å². The molecule has 3 rings (SSSR count). The molecule has 2 N–H and O–H groups in total. The van der Waals surface area contributed by atoms with E-state index < -0.39 is 0 Å². The van der Waals surface area contributed by atoms with Crippen molar-refractivity contribution in [3.63, 3.8) is 0 Å². The molecule has 0 saturated heterocycles. The van der Waals surface area contributed by atoms with Crippen molar-refractivity contribution in [1.29, 1.82) is 0 Å². The van der Waals surface area contributed by atoms with Gasteiger partial charge >= 0.3 is 5.97 Å². The van der Waals surface area contributed by atoms with Gasteiger partial charge in [-0.25, -0.2) is 0 Å². The van der Waals surface area contributed by atoms with Crippen LogP contribution in [0.25, 0.3) is 0 Å². The van der Waals surface area contributed by atoms with Crippen LogP contribution in [-0.2, 0) is 9.53 Å². The maximum Gasteiger partial charge on any atom is 0.308 e. The van der Waals surface area contributed by atoms with Crippen molar-refractivity contribution in [2.45, 2.75) is 52.1 Å². The number of ether oxygens (including phenoxy) is 3. The zero-order valence-electron chi connectivity index (χ0n) is 21.1. The lowest BCUT2D eigenvalue weighted by Gasteiger charge is -2.27. The molecular weight excluding hydrogens is 460 g/mol. The van der Waals surface area contributed by atoms with E-state index in [9.17, 15) is 14.4 Å². The third kappa shape index (κ3) is 8.29. The van der Waals surface area contributed by atoms with E-state index in [0.29, 0.717) is 43.2 Å². The van der Waals surface area contributed by atoms with E-state index in [1.165, 1.54) is 0 Å². The van der Waals surface area contributed by atoms with Crippen molar-refractivity contribution in [3.05, 3.63) is 59.7 Å². The van der Waals surface area contributed by atoms with Crippen LogP contribution in [0.5, 0.6) is 11.5 Å². The van der Waals surface area contributed by atoms with E-state index in [-0.39, 0.29) is 29.8 Å². The van der Waals surface area contributed by atoms with Crippen molar-refractivity contribution in [3.8, 4) is 11.5 Å². The average Bonchev–Trinajstić information content (AvgIpc) is 2.91. The Balaban J connectivity index is 1.35. The van der Waals surface area contributed by atoms with Gasteiger partial charge in [0, 0.05) is 24.2 Å². The number of carbonyl (C=O) groups excluding carboxylic acids is 3. The van der Waals surface area contributed by atoms with E-state index >= 15 is 0 Å². The summed E-state index contributed by atoms with van der Waals surface area (Å²) in [5.41, 5.74) is 1.05. The van der Waals surface area contributed by atoms with Crippen LogP contribution in [-0.4, -0.2) is 50.2 Å². The van der Waals surface area contributed by atoms with E-state index in [1.807, 2.05) is 13.8 Å². The number of nitrogens with one attached hydrogen (secondary N) is 2. The molecule has 0 aliphatic heterocycles. The zero-order chi connectivity index (χ0) is 25.8.